The number of carbonyl (C=O) groups is 1. The van der Waals surface area contributed by atoms with E-state index in [-0.39, 0.29) is 17.4 Å². The van der Waals surface area contributed by atoms with Crippen molar-refractivity contribution in [3.8, 4) is 11.5 Å². The highest BCUT2D eigenvalue weighted by Gasteiger charge is 2.72. The Hall–Kier alpha value is -3.56. The van der Waals surface area contributed by atoms with Crippen LogP contribution in [0.15, 0.2) is 67.3 Å². The van der Waals surface area contributed by atoms with Gasteiger partial charge in [0.2, 0.25) is 5.91 Å². The molecule has 9 heteroatoms. The van der Waals surface area contributed by atoms with Gasteiger partial charge in [-0.25, -0.2) is 0 Å². The van der Waals surface area contributed by atoms with E-state index in [4.69, 9.17) is 4.74 Å². The number of carbonyl (C=O) groups excluding carboxylic acids is 1. The van der Waals surface area contributed by atoms with E-state index in [2.05, 4.69) is 11.5 Å². The van der Waals surface area contributed by atoms with Crippen LogP contribution >= 0.6 is 0 Å². The van der Waals surface area contributed by atoms with Crippen molar-refractivity contribution in [2.75, 3.05) is 20.1 Å². The number of benzene rings is 2. The first kappa shape index (κ1) is 25.7. The molecule has 1 saturated heterocycles. The van der Waals surface area contributed by atoms with Gasteiger partial charge in [0.1, 0.15) is 11.7 Å². The van der Waals surface area contributed by atoms with Crippen molar-refractivity contribution >= 4 is 12.0 Å². The second-order valence-electron chi connectivity index (χ2n) is 10.8. The SMILES string of the molecule is C=CCN1CC[C@]23c4c5ccc(O)c4OC2C(N(C)C(=O)/C=C/c2cccc(C(F)(F)F)c2)C=C[C@@]3(O)[C@H]1C5. The van der Waals surface area contributed by atoms with Crippen molar-refractivity contribution in [3.05, 3.63) is 89.5 Å². The Morgan fingerprint density at radius 1 is 1.31 bits per heavy atom. The van der Waals surface area contributed by atoms with E-state index in [0.717, 1.165) is 23.3 Å². The number of ether oxygens (including phenoxy) is 1. The summed E-state index contributed by atoms with van der Waals surface area (Å²) in [4.78, 5) is 17.0. The summed E-state index contributed by atoms with van der Waals surface area (Å²) in [5.74, 6) is -0.0889. The number of phenolic OH excluding ortho intramolecular Hbond substituents is 1. The first-order chi connectivity index (χ1) is 18.5. The average Bonchev–Trinajstić information content (AvgIpc) is 3.25. The quantitative estimate of drug-likeness (QED) is 0.444. The Kier molecular flexibility index (Phi) is 5.75. The first-order valence-corrected chi connectivity index (χ1v) is 12.9. The van der Waals surface area contributed by atoms with Gasteiger partial charge in [0.15, 0.2) is 11.5 Å². The van der Waals surface area contributed by atoms with Crippen LogP contribution in [-0.4, -0.2) is 69.8 Å². The lowest BCUT2D eigenvalue weighted by atomic mass is 9.50. The summed E-state index contributed by atoms with van der Waals surface area (Å²) in [7, 11) is 1.61. The molecular weight excluding hydrogens is 509 g/mol. The summed E-state index contributed by atoms with van der Waals surface area (Å²) in [5.41, 5.74) is -0.904. The number of aromatic hydroxyl groups is 1. The van der Waals surface area contributed by atoms with Crippen LogP contribution in [0.2, 0.25) is 0 Å². The van der Waals surface area contributed by atoms with Crippen LogP contribution in [0, 0.1) is 0 Å². The maximum absolute atomic E-state index is 13.3. The summed E-state index contributed by atoms with van der Waals surface area (Å²) in [5, 5.41) is 23.1. The number of amides is 1. The van der Waals surface area contributed by atoms with Crippen molar-refractivity contribution < 1.29 is 32.9 Å². The third-order valence-electron chi connectivity index (χ3n) is 8.92. The molecule has 39 heavy (non-hydrogen) atoms. The molecule has 2 N–H and O–H groups in total. The van der Waals surface area contributed by atoms with Crippen LogP contribution in [0.3, 0.4) is 0 Å². The van der Waals surface area contributed by atoms with Crippen LogP contribution in [-0.2, 0) is 22.8 Å². The van der Waals surface area contributed by atoms with E-state index in [9.17, 15) is 28.2 Å². The zero-order valence-corrected chi connectivity index (χ0v) is 21.4. The minimum atomic E-state index is -4.48. The van der Waals surface area contributed by atoms with Crippen molar-refractivity contribution in [2.24, 2.45) is 0 Å². The zero-order chi connectivity index (χ0) is 27.7. The normalized spacial score (nSPS) is 30.6. The molecule has 0 aromatic heterocycles. The standard InChI is InChI=1S/C30H29F3N2O4/c1-3-14-35-15-13-28-25-19-8-9-22(36)26(25)39-27(28)21(11-12-29(28,38)23(35)17-19)34(2)24(37)10-7-18-5-4-6-20(16-18)30(31,32)33/h3-12,16,21,23,27,36,38H,1,13-15,17H2,2H3/b10-7+/t21?,23-,27?,28+,29-/m1/s1. The third-order valence-corrected chi connectivity index (χ3v) is 8.92. The highest BCUT2D eigenvalue weighted by atomic mass is 19.4. The molecule has 6 rings (SSSR count). The van der Waals surface area contributed by atoms with E-state index in [1.54, 1.807) is 25.3 Å². The van der Waals surface area contributed by atoms with Crippen LogP contribution in [0.5, 0.6) is 11.5 Å². The highest BCUT2D eigenvalue weighted by Crippen LogP contribution is 2.64. The van der Waals surface area contributed by atoms with E-state index < -0.39 is 40.8 Å². The number of aliphatic hydroxyl groups is 1. The van der Waals surface area contributed by atoms with Gasteiger partial charge in [0.05, 0.1) is 17.0 Å². The number of nitrogens with zero attached hydrogens (tertiary/aromatic N) is 2. The minimum absolute atomic E-state index is 0.0102. The lowest BCUT2D eigenvalue weighted by Gasteiger charge is -2.62. The first-order valence-electron chi connectivity index (χ1n) is 12.9. The van der Waals surface area contributed by atoms with Gasteiger partial charge in [0, 0.05) is 37.8 Å². The van der Waals surface area contributed by atoms with Gasteiger partial charge >= 0.3 is 6.18 Å². The Balaban J connectivity index is 1.36. The molecule has 4 aliphatic rings. The number of likely N-dealkylation sites (N-methyl/N-ethyl adjacent to an activating group) is 1. The second kappa shape index (κ2) is 8.72. The number of likely N-dealkylation sites (tertiary alicyclic amines) is 1. The second-order valence-corrected chi connectivity index (χ2v) is 10.8. The van der Waals surface area contributed by atoms with E-state index in [1.165, 1.54) is 29.2 Å². The molecule has 204 valence electrons. The third kappa shape index (κ3) is 3.59. The number of phenols is 1. The molecule has 0 radical (unpaired) electrons. The van der Waals surface area contributed by atoms with Crippen molar-refractivity contribution in [3.63, 3.8) is 0 Å². The van der Waals surface area contributed by atoms with Gasteiger partial charge in [-0.15, -0.1) is 6.58 Å². The number of hydrogen-bond donors (Lipinski definition) is 2. The van der Waals surface area contributed by atoms with Crippen molar-refractivity contribution in [1.29, 1.82) is 0 Å². The molecule has 2 aliphatic carbocycles. The lowest BCUT2D eigenvalue weighted by Crippen LogP contribution is -2.76. The predicted octanol–water partition coefficient (Wildman–Crippen LogP) is 4.07. The maximum atomic E-state index is 13.3. The fraction of sp³-hybridized carbons (Fsp3) is 0.367. The summed E-state index contributed by atoms with van der Waals surface area (Å²) in [6.45, 7) is 5.17. The smallest absolute Gasteiger partial charge is 0.416 e. The van der Waals surface area contributed by atoms with Crippen LogP contribution in [0.25, 0.3) is 6.08 Å². The van der Waals surface area contributed by atoms with Gasteiger partial charge in [-0.2, -0.15) is 13.2 Å². The van der Waals surface area contributed by atoms with E-state index in [0.29, 0.717) is 31.7 Å². The van der Waals surface area contributed by atoms with E-state index >= 15 is 0 Å². The molecule has 2 aromatic carbocycles. The predicted molar refractivity (Wildman–Crippen MR) is 139 cm³/mol. The van der Waals surface area contributed by atoms with Gasteiger partial charge in [0.25, 0.3) is 0 Å². The molecule has 1 fully saturated rings. The molecule has 2 unspecified atom stereocenters. The molecule has 2 heterocycles. The molecular formula is C30H29F3N2O4. The summed E-state index contributed by atoms with van der Waals surface area (Å²) in [6, 6.07) is 7.43. The molecule has 2 aliphatic heterocycles. The molecule has 1 amide bonds. The largest absolute Gasteiger partial charge is 0.504 e. The van der Waals surface area contributed by atoms with E-state index in [1.807, 2.05) is 12.1 Å². The Morgan fingerprint density at radius 3 is 2.85 bits per heavy atom. The Bertz CT molecular complexity index is 1420. The fourth-order valence-corrected chi connectivity index (χ4v) is 7.14. The van der Waals surface area contributed by atoms with Crippen LogP contribution in [0.1, 0.15) is 28.7 Å². The highest BCUT2D eigenvalue weighted by molar-refractivity contribution is 5.92. The maximum Gasteiger partial charge on any atom is 0.416 e. The minimum Gasteiger partial charge on any atom is -0.504 e. The lowest BCUT2D eigenvalue weighted by molar-refractivity contribution is -0.152. The molecule has 6 nitrogen and oxygen atoms in total. The summed E-state index contributed by atoms with van der Waals surface area (Å²) >= 11 is 0. The van der Waals surface area contributed by atoms with Crippen LogP contribution in [0.4, 0.5) is 13.2 Å². The number of halogens is 3. The van der Waals surface area contributed by atoms with Gasteiger partial charge < -0.3 is 19.8 Å². The number of alkyl halides is 3. The molecule has 5 atom stereocenters. The van der Waals surface area contributed by atoms with Gasteiger partial charge in [-0.1, -0.05) is 36.4 Å². The average molecular weight is 539 g/mol. The van der Waals surface area contributed by atoms with Crippen molar-refractivity contribution in [1.82, 2.24) is 9.80 Å². The topological polar surface area (TPSA) is 73.2 Å². The van der Waals surface area contributed by atoms with Crippen molar-refractivity contribution in [2.45, 2.75) is 48.2 Å². The van der Waals surface area contributed by atoms with Gasteiger partial charge in [-0.3, -0.25) is 9.69 Å². The number of rotatable bonds is 5. The number of piperidine rings is 1. The molecule has 1 spiro atoms. The Morgan fingerprint density at radius 2 is 2.10 bits per heavy atom. The molecule has 2 bridgehead atoms. The Labute approximate surface area is 224 Å². The summed E-state index contributed by atoms with van der Waals surface area (Å²) < 4.78 is 45.7. The zero-order valence-electron chi connectivity index (χ0n) is 21.4. The molecule has 2 aromatic rings. The van der Waals surface area contributed by atoms with Gasteiger partial charge in [-0.05, 0) is 48.2 Å². The molecule has 0 saturated carbocycles. The number of hydrogen-bond acceptors (Lipinski definition) is 5. The monoisotopic (exact) mass is 538 g/mol. The fourth-order valence-electron chi connectivity index (χ4n) is 7.14. The summed E-state index contributed by atoms with van der Waals surface area (Å²) in [6.07, 6.45) is 3.94. The van der Waals surface area contributed by atoms with Crippen LogP contribution < -0.4 is 4.74 Å².